The molecule has 0 saturated carbocycles. The molecule has 1 aliphatic heterocycles. The third-order valence-corrected chi connectivity index (χ3v) is 9.88. The standard InChI is InChI=1S/C38H36Cl2F6N2O3/c39-32-12-11-27(21-33(32)40)31(13-16-47-35(49)26-7-3-1-4-8-26)34(23-48-17-14-36(50,15-18-48)28-9-5-2-6-10-28)51-24-25-19-29(37(41,42)43)22-30(20-25)38(44,45)46/h1-12,19-22,31,34,50H,13-18,23-24H2,(H,47,49). The first-order valence-electron chi connectivity index (χ1n) is 16.3. The van der Waals surface area contributed by atoms with Gasteiger partial charge in [-0.3, -0.25) is 4.79 Å². The first kappa shape index (κ1) is 38.6. The number of amides is 1. The van der Waals surface area contributed by atoms with Crippen LogP contribution in [0.4, 0.5) is 26.3 Å². The number of alkyl halides is 6. The molecule has 2 atom stereocenters. The highest BCUT2D eigenvalue weighted by Crippen LogP contribution is 2.38. The summed E-state index contributed by atoms with van der Waals surface area (Å²) in [5, 5.41) is 14.8. The van der Waals surface area contributed by atoms with Gasteiger partial charge in [0.05, 0.1) is 39.5 Å². The maximum atomic E-state index is 13.7. The van der Waals surface area contributed by atoms with Gasteiger partial charge < -0.3 is 20.1 Å². The minimum atomic E-state index is -5.02. The zero-order chi connectivity index (χ0) is 36.8. The fourth-order valence-electron chi connectivity index (χ4n) is 6.34. The summed E-state index contributed by atoms with van der Waals surface area (Å²) in [6.45, 7) is 0.687. The number of likely N-dealkylation sites (tertiary alicyclic amines) is 1. The lowest BCUT2D eigenvalue weighted by Crippen LogP contribution is -2.46. The largest absolute Gasteiger partial charge is 0.416 e. The Balaban J connectivity index is 1.44. The number of hydrogen-bond donors (Lipinski definition) is 2. The van der Waals surface area contributed by atoms with Crippen molar-refractivity contribution in [3.05, 3.63) is 140 Å². The molecule has 2 N–H and O–H groups in total. The van der Waals surface area contributed by atoms with Crippen LogP contribution in [0.5, 0.6) is 0 Å². The number of ether oxygens (including phenoxy) is 1. The Morgan fingerprint density at radius 1 is 0.824 bits per heavy atom. The van der Waals surface area contributed by atoms with Crippen molar-refractivity contribution in [3.63, 3.8) is 0 Å². The van der Waals surface area contributed by atoms with Crippen molar-refractivity contribution in [2.24, 2.45) is 0 Å². The van der Waals surface area contributed by atoms with Crippen LogP contribution < -0.4 is 5.32 Å². The molecule has 13 heteroatoms. The van der Waals surface area contributed by atoms with Crippen molar-refractivity contribution < 1.29 is 41.0 Å². The number of halogens is 8. The summed E-state index contributed by atoms with van der Waals surface area (Å²) in [6, 6.07) is 24.2. The van der Waals surface area contributed by atoms with E-state index in [2.05, 4.69) is 5.32 Å². The number of carbonyl (C=O) groups is 1. The lowest BCUT2D eigenvalue weighted by Gasteiger charge is -2.41. The van der Waals surface area contributed by atoms with Crippen LogP contribution in [-0.2, 0) is 29.3 Å². The van der Waals surface area contributed by atoms with Crippen LogP contribution in [0.3, 0.4) is 0 Å². The smallest absolute Gasteiger partial charge is 0.385 e. The maximum absolute atomic E-state index is 13.7. The molecule has 272 valence electrons. The van der Waals surface area contributed by atoms with E-state index in [1.165, 1.54) is 0 Å². The second-order valence-electron chi connectivity index (χ2n) is 12.7. The van der Waals surface area contributed by atoms with Crippen LogP contribution in [0, 0.1) is 0 Å². The van der Waals surface area contributed by atoms with E-state index in [0.29, 0.717) is 49.2 Å². The highest BCUT2D eigenvalue weighted by atomic mass is 35.5. The van der Waals surface area contributed by atoms with Crippen LogP contribution in [-0.4, -0.2) is 48.2 Å². The van der Waals surface area contributed by atoms with E-state index >= 15 is 0 Å². The number of rotatable bonds is 12. The Kier molecular flexibility index (Phi) is 12.4. The van der Waals surface area contributed by atoms with E-state index in [4.69, 9.17) is 27.9 Å². The first-order chi connectivity index (χ1) is 24.1. The van der Waals surface area contributed by atoms with Crippen molar-refractivity contribution in [1.82, 2.24) is 10.2 Å². The van der Waals surface area contributed by atoms with Gasteiger partial charge in [-0.2, -0.15) is 26.3 Å². The molecule has 51 heavy (non-hydrogen) atoms. The molecule has 0 aliphatic carbocycles. The van der Waals surface area contributed by atoms with E-state index in [9.17, 15) is 36.2 Å². The average molecular weight is 754 g/mol. The predicted molar refractivity (Wildman–Crippen MR) is 184 cm³/mol. The molecule has 1 aliphatic rings. The molecule has 5 nitrogen and oxygen atoms in total. The van der Waals surface area contributed by atoms with Gasteiger partial charge in [-0.1, -0.05) is 77.8 Å². The van der Waals surface area contributed by atoms with E-state index in [-0.39, 0.29) is 47.1 Å². The summed E-state index contributed by atoms with van der Waals surface area (Å²) in [5.41, 5.74) is -2.36. The lowest BCUT2D eigenvalue weighted by molar-refractivity contribution is -0.143. The highest BCUT2D eigenvalue weighted by molar-refractivity contribution is 6.42. The van der Waals surface area contributed by atoms with Gasteiger partial charge in [-0.15, -0.1) is 0 Å². The van der Waals surface area contributed by atoms with Gasteiger partial charge in [0.1, 0.15) is 0 Å². The molecule has 4 aromatic rings. The number of aliphatic hydroxyl groups is 1. The van der Waals surface area contributed by atoms with E-state index in [1.54, 1.807) is 48.5 Å². The fraction of sp³-hybridized carbons (Fsp3) is 0.342. The zero-order valence-corrected chi connectivity index (χ0v) is 28.8. The molecule has 0 radical (unpaired) electrons. The Bertz CT molecular complexity index is 1730. The molecule has 0 aromatic heterocycles. The van der Waals surface area contributed by atoms with Crippen LogP contribution in [0.1, 0.15) is 63.4 Å². The predicted octanol–water partition coefficient (Wildman–Crippen LogP) is 9.50. The fourth-order valence-corrected chi connectivity index (χ4v) is 6.65. The SMILES string of the molecule is O=C(NCCC(c1ccc(Cl)c(Cl)c1)C(CN1CCC(O)(c2ccccc2)CC1)OCc1cc(C(F)(F)F)cc(C(F)(F)F)c1)c1ccccc1. The van der Waals surface area contributed by atoms with Gasteiger partial charge in [0.25, 0.3) is 5.91 Å². The van der Waals surface area contributed by atoms with Gasteiger partial charge >= 0.3 is 12.4 Å². The van der Waals surface area contributed by atoms with Crippen LogP contribution in [0.15, 0.2) is 97.1 Å². The van der Waals surface area contributed by atoms with Crippen LogP contribution in [0.2, 0.25) is 10.0 Å². The van der Waals surface area contributed by atoms with Crippen molar-refractivity contribution >= 4 is 29.1 Å². The second-order valence-corrected chi connectivity index (χ2v) is 13.5. The third kappa shape index (κ3) is 10.3. The molecule has 4 aromatic carbocycles. The van der Waals surface area contributed by atoms with Gasteiger partial charge in [0, 0.05) is 37.7 Å². The van der Waals surface area contributed by atoms with Gasteiger partial charge in [0.2, 0.25) is 0 Å². The minimum Gasteiger partial charge on any atom is -0.385 e. The summed E-state index contributed by atoms with van der Waals surface area (Å²) in [5.74, 6) is -0.862. The van der Waals surface area contributed by atoms with Crippen LogP contribution in [0.25, 0.3) is 0 Å². The number of nitrogens with one attached hydrogen (secondary N) is 1. The summed E-state index contributed by atoms with van der Waals surface area (Å²) >= 11 is 12.6. The van der Waals surface area contributed by atoms with E-state index < -0.39 is 47.7 Å². The topological polar surface area (TPSA) is 61.8 Å². The minimum absolute atomic E-state index is 0.0799. The summed E-state index contributed by atoms with van der Waals surface area (Å²) in [7, 11) is 0. The van der Waals surface area contributed by atoms with Gasteiger partial charge in [0.15, 0.2) is 0 Å². The first-order valence-corrected chi connectivity index (χ1v) is 17.1. The molecule has 0 spiro atoms. The molecule has 1 amide bonds. The number of nitrogens with zero attached hydrogens (tertiary/aromatic N) is 1. The van der Waals surface area contributed by atoms with E-state index in [1.807, 2.05) is 35.2 Å². The zero-order valence-electron chi connectivity index (χ0n) is 27.3. The molecular weight excluding hydrogens is 717 g/mol. The van der Waals surface area contributed by atoms with Gasteiger partial charge in [-0.25, -0.2) is 0 Å². The average Bonchev–Trinajstić information content (AvgIpc) is 3.10. The second kappa shape index (κ2) is 16.4. The van der Waals surface area contributed by atoms with E-state index in [0.717, 1.165) is 5.56 Å². The molecule has 5 rings (SSSR count). The molecule has 0 bridgehead atoms. The normalized spacial score (nSPS) is 16.4. The summed E-state index contributed by atoms with van der Waals surface area (Å²) in [6.07, 6.45) is -9.79. The molecule has 2 unspecified atom stereocenters. The summed E-state index contributed by atoms with van der Waals surface area (Å²) < 4.78 is 88.4. The molecule has 1 saturated heterocycles. The van der Waals surface area contributed by atoms with Crippen molar-refractivity contribution in [3.8, 4) is 0 Å². The molecule has 1 fully saturated rings. The highest BCUT2D eigenvalue weighted by Gasteiger charge is 2.38. The Morgan fingerprint density at radius 3 is 1.98 bits per heavy atom. The van der Waals surface area contributed by atoms with Gasteiger partial charge in [-0.05, 0) is 78.4 Å². The van der Waals surface area contributed by atoms with Crippen molar-refractivity contribution in [2.75, 3.05) is 26.2 Å². The third-order valence-electron chi connectivity index (χ3n) is 9.14. The monoisotopic (exact) mass is 752 g/mol. The maximum Gasteiger partial charge on any atom is 0.416 e. The number of carbonyl (C=O) groups excluding carboxylic acids is 1. The molecular formula is C38H36Cl2F6N2O3. The number of hydrogen-bond acceptors (Lipinski definition) is 4. The Morgan fingerprint density at radius 2 is 1.41 bits per heavy atom. The van der Waals surface area contributed by atoms with Crippen molar-refractivity contribution in [1.29, 1.82) is 0 Å². The van der Waals surface area contributed by atoms with Crippen molar-refractivity contribution in [2.45, 2.75) is 55.8 Å². The quantitative estimate of drug-likeness (QED) is 0.142. The Hall–Kier alpha value is -3.61. The lowest BCUT2D eigenvalue weighted by atomic mass is 9.84. The number of piperidine rings is 1. The number of benzene rings is 4. The molecule has 1 heterocycles. The Labute approximate surface area is 302 Å². The van der Waals surface area contributed by atoms with Crippen LogP contribution >= 0.6 is 23.2 Å². The summed E-state index contributed by atoms with van der Waals surface area (Å²) in [4.78, 5) is 14.9.